The summed E-state index contributed by atoms with van der Waals surface area (Å²) in [5, 5.41) is 8.82. The average Bonchev–Trinajstić information content (AvgIpc) is 2.94. The van der Waals surface area contributed by atoms with Crippen LogP contribution >= 0.6 is 11.6 Å². The Kier molecular flexibility index (Phi) is 5.07. The molecule has 0 radical (unpaired) electrons. The number of aryl methyl sites for hydroxylation is 1. The summed E-state index contributed by atoms with van der Waals surface area (Å²) in [6, 6.07) is 3.71. The van der Waals surface area contributed by atoms with Crippen LogP contribution in [0, 0.1) is 0 Å². The van der Waals surface area contributed by atoms with Gasteiger partial charge in [-0.25, -0.2) is 0 Å². The van der Waals surface area contributed by atoms with E-state index in [1.54, 1.807) is 14.2 Å². The lowest BCUT2D eigenvalue weighted by molar-refractivity contribution is 0.389. The Balaban J connectivity index is 2.25. The summed E-state index contributed by atoms with van der Waals surface area (Å²) >= 11 is 6.22. The van der Waals surface area contributed by atoms with Crippen molar-refractivity contribution >= 4 is 11.6 Å². The van der Waals surface area contributed by atoms with Crippen molar-refractivity contribution in [2.75, 3.05) is 14.2 Å². The number of nitrogens with zero attached hydrogens (tertiary/aromatic N) is 3. The Labute approximate surface area is 129 Å². The van der Waals surface area contributed by atoms with Crippen LogP contribution in [0.25, 0.3) is 0 Å². The first-order valence-corrected chi connectivity index (χ1v) is 7.27. The van der Waals surface area contributed by atoms with Gasteiger partial charge in [0.1, 0.15) is 11.5 Å². The van der Waals surface area contributed by atoms with E-state index in [1.165, 1.54) is 0 Å². The van der Waals surface area contributed by atoms with Crippen molar-refractivity contribution in [3.8, 4) is 11.5 Å². The lowest BCUT2D eigenvalue weighted by Crippen LogP contribution is -2.03. The molecule has 0 amide bonds. The standard InChI is InChI=1S/C15H20ClN3O2/c1-5-19-9-11(17-18-19)6-10(2)12-7-13(16)15(21-4)8-14(12)20-3/h7-10H,5-6H2,1-4H3. The number of hydrogen-bond donors (Lipinski definition) is 0. The Hall–Kier alpha value is -1.75. The van der Waals surface area contributed by atoms with E-state index >= 15 is 0 Å². The van der Waals surface area contributed by atoms with E-state index in [1.807, 2.05) is 29.9 Å². The third-order valence-corrected chi connectivity index (χ3v) is 3.76. The maximum Gasteiger partial charge on any atom is 0.141 e. The molecule has 1 unspecified atom stereocenters. The lowest BCUT2D eigenvalue weighted by Gasteiger charge is -2.16. The van der Waals surface area contributed by atoms with Gasteiger partial charge in [-0.1, -0.05) is 23.7 Å². The number of benzene rings is 1. The number of methoxy groups -OCH3 is 2. The molecular formula is C15H20ClN3O2. The van der Waals surface area contributed by atoms with Crippen molar-refractivity contribution in [1.29, 1.82) is 0 Å². The molecule has 114 valence electrons. The van der Waals surface area contributed by atoms with Crippen LogP contribution in [0.2, 0.25) is 5.02 Å². The highest BCUT2D eigenvalue weighted by atomic mass is 35.5. The van der Waals surface area contributed by atoms with Crippen LogP contribution in [0.4, 0.5) is 0 Å². The molecule has 2 rings (SSSR count). The fraction of sp³-hybridized carbons (Fsp3) is 0.467. The van der Waals surface area contributed by atoms with Crippen molar-refractivity contribution in [3.63, 3.8) is 0 Å². The van der Waals surface area contributed by atoms with Gasteiger partial charge in [0.25, 0.3) is 0 Å². The van der Waals surface area contributed by atoms with E-state index in [4.69, 9.17) is 21.1 Å². The second-order valence-corrected chi connectivity index (χ2v) is 5.31. The lowest BCUT2D eigenvalue weighted by atomic mass is 9.95. The minimum Gasteiger partial charge on any atom is -0.496 e. The van der Waals surface area contributed by atoms with E-state index < -0.39 is 0 Å². The number of rotatable bonds is 6. The predicted molar refractivity (Wildman–Crippen MR) is 82.4 cm³/mol. The van der Waals surface area contributed by atoms with Gasteiger partial charge in [-0.05, 0) is 30.9 Å². The summed E-state index contributed by atoms with van der Waals surface area (Å²) in [5.74, 6) is 1.60. The molecule has 1 aromatic heterocycles. The highest BCUT2D eigenvalue weighted by molar-refractivity contribution is 6.32. The minimum atomic E-state index is 0.213. The largest absolute Gasteiger partial charge is 0.496 e. The van der Waals surface area contributed by atoms with Gasteiger partial charge >= 0.3 is 0 Å². The van der Waals surface area contributed by atoms with Crippen molar-refractivity contribution < 1.29 is 9.47 Å². The molecule has 0 saturated heterocycles. The maximum atomic E-state index is 6.22. The summed E-state index contributed by atoms with van der Waals surface area (Å²) < 4.78 is 12.5. The molecule has 0 saturated carbocycles. The Bertz CT molecular complexity index is 613. The van der Waals surface area contributed by atoms with Crippen molar-refractivity contribution in [3.05, 3.63) is 34.6 Å². The zero-order valence-corrected chi connectivity index (χ0v) is 13.5. The SMILES string of the molecule is CCn1cc(CC(C)c2cc(Cl)c(OC)cc2OC)nn1. The zero-order valence-electron chi connectivity index (χ0n) is 12.8. The van der Waals surface area contributed by atoms with Crippen LogP contribution in [0.3, 0.4) is 0 Å². The first kappa shape index (κ1) is 15.6. The second kappa shape index (κ2) is 6.80. The van der Waals surface area contributed by atoms with Crippen LogP contribution in [-0.2, 0) is 13.0 Å². The molecule has 1 aromatic carbocycles. The van der Waals surface area contributed by atoms with E-state index in [2.05, 4.69) is 17.2 Å². The monoisotopic (exact) mass is 309 g/mol. The number of ether oxygens (including phenoxy) is 2. The quantitative estimate of drug-likeness (QED) is 0.821. The van der Waals surface area contributed by atoms with E-state index in [9.17, 15) is 0 Å². The Morgan fingerprint density at radius 2 is 1.95 bits per heavy atom. The molecule has 0 N–H and O–H groups in total. The summed E-state index contributed by atoms with van der Waals surface area (Å²) in [5.41, 5.74) is 1.99. The van der Waals surface area contributed by atoms with Gasteiger partial charge in [0.2, 0.25) is 0 Å². The normalized spacial score (nSPS) is 12.2. The topological polar surface area (TPSA) is 49.2 Å². The molecule has 0 bridgehead atoms. The minimum absolute atomic E-state index is 0.213. The average molecular weight is 310 g/mol. The van der Waals surface area contributed by atoms with Crippen LogP contribution in [0.15, 0.2) is 18.3 Å². The third kappa shape index (κ3) is 3.47. The first-order valence-electron chi connectivity index (χ1n) is 6.89. The smallest absolute Gasteiger partial charge is 0.141 e. The highest BCUT2D eigenvalue weighted by Crippen LogP contribution is 2.37. The summed E-state index contributed by atoms with van der Waals surface area (Å²) in [6.45, 7) is 4.97. The van der Waals surface area contributed by atoms with Gasteiger partial charge in [-0.15, -0.1) is 5.10 Å². The number of hydrogen-bond acceptors (Lipinski definition) is 4. The zero-order chi connectivity index (χ0) is 15.4. The van der Waals surface area contributed by atoms with Crippen molar-refractivity contribution in [1.82, 2.24) is 15.0 Å². The number of aromatic nitrogens is 3. The van der Waals surface area contributed by atoms with Crippen molar-refractivity contribution in [2.45, 2.75) is 32.7 Å². The highest BCUT2D eigenvalue weighted by Gasteiger charge is 2.17. The van der Waals surface area contributed by atoms with Crippen LogP contribution in [-0.4, -0.2) is 29.2 Å². The molecule has 5 nitrogen and oxygen atoms in total. The van der Waals surface area contributed by atoms with E-state index in [-0.39, 0.29) is 5.92 Å². The molecule has 0 aliphatic carbocycles. The summed E-state index contributed by atoms with van der Waals surface area (Å²) in [7, 11) is 3.24. The molecule has 2 aromatic rings. The maximum absolute atomic E-state index is 6.22. The molecule has 0 spiro atoms. The molecule has 0 aliphatic rings. The van der Waals surface area contributed by atoms with Gasteiger partial charge in [-0.3, -0.25) is 4.68 Å². The van der Waals surface area contributed by atoms with Gasteiger partial charge in [0.05, 0.1) is 24.9 Å². The van der Waals surface area contributed by atoms with Crippen molar-refractivity contribution in [2.24, 2.45) is 0 Å². The summed E-state index contributed by atoms with van der Waals surface area (Å²) in [6.07, 6.45) is 2.74. The van der Waals surface area contributed by atoms with Crippen LogP contribution in [0.1, 0.15) is 31.0 Å². The molecule has 6 heteroatoms. The van der Waals surface area contributed by atoms with Gasteiger partial charge in [-0.2, -0.15) is 0 Å². The number of halogens is 1. The van der Waals surface area contributed by atoms with Crippen LogP contribution < -0.4 is 9.47 Å². The first-order chi connectivity index (χ1) is 10.1. The molecule has 21 heavy (non-hydrogen) atoms. The third-order valence-electron chi connectivity index (χ3n) is 3.46. The summed E-state index contributed by atoms with van der Waals surface area (Å²) in [4.78, 5) is 0. The second-order valence-electron chi connectivity index (χ2n) is 4.90. The molecule has 0 aliphatic heterocycles. The van der Waals surface area contributed by atoms with Gasteiger partial charge in [0, 0.05) is 18.8 Å². The fourth-order valence-electron chi connectivity index (χ4n) is 2.28. The fourth-order valence-corrected chi connectivity index (χ4v) is 2.53. The Morgan fingerprint density at radius 1 is 1.24 bits per heavy atom. The molecule has 1 atom stereocenters. The molecule has 1 heterocycles. The Morgan fingerprint density at radius 3 is 2.52 bits per heavy atom. The van der Waals surface area contributed by atoms with E-state index in [0.29, 0.717) is 10.8 Å². The predicted octanol–water partition coefficient (Wildman–Crippen LogP) is 3.31. The van der Waals surface area contributed by atoms with Crippen LogP contribution in [0.5, 0.6) is 11.5 Å². The van der Waals surface area contributed by atoms with Gasteiger partial charge in [0.15, 0.2) is 0 Å². The molecular weight excluding hydrogens is 290 g/mol. The van der Waals surface area contributed by atoms with Gasteiger partial charge < -0.3 is 9.47 Å². The molecule has 0 fully saturated rings. The van der Waals surface area contributed by atoms with E-state index in [0.717, 1.165) is 30.0 Å².